The van der Waals surface area contributed by atoms with Crippen LogP contribution in [0.5, 0.6) is 11.8 Å². The second-order valence-corrected chi connectivity index (χ2v) is 12.9. The second kappa shape index (κ2) is 10.0. The molecule has 4 aliphatic rings. The fourth-order valence-electron chi connectivity index (χ4n) is 7.22. The molecular weight excluding hydrogens is 543 g/mol. The molecule has 1 saturated carbocycles. The molecule has 43 heavy (non-hydrogen) atoms. The number of aryl methyl sites for hydroxylation is 1. The largest absolute Gasteiger partial charge is 0.508 e. The Morgan fingerprint density at radius 3 is 2.60 bits per heavy atom. The number of piperazine rings is 1. The number of phenols is 1. The van der Waals surface area contributed by atoms with E-state index in [2.05, 4.69) is 21.0 Å². The van der Waals surface area contributed by atoms with Crippen LogP contribution < -0.4 is 15.0 Å². The highest BCUT2D eigenvalue weighted by molar-refractivity contribution is 6.03. The Morgan fingerprint density at radius 2 is 1.91 bits per heavy atom. The molecule has 220 valence electrons. The van der Waals surface area contributed by atoms with E-state index in [1.165, 1.54) is 12.5 Å². The molecule has 8 nitrogen and oxygen atoms in total. The molecule has 4 aromatic rings. The van der Waals surface area contributed by atoms with Gasteiger partial charge in [-0.15, -0.1) is 6.42 Å². The summed E-state index contributed by atoms with van der Waals surface area (Å²) in [4.78, 5) is 19.2. The van der Waals surface area contributed by atoms with E-state index in [1.807, 2.05) is 25.1 Å². The molecule has 2 aromatic carbocycles. The van der Waals surface area contributed by atoms with Crippen LogP contribution in [0.2, 0.25) is 0 Å². The molecule has 9 heteroatoms. The lowest BCUT2D eigenvalue weighted by molar-refractivity contribution is 0.111. The molecule has 2 unspecified atom stereocenters. The van der Waals surface area contributed by atoms with E-state index < -0.39 is 5.82 Å². The number of fused-ring (bicyclic) bond motifs is 4. The predicted octanol–water partition coefficient (Wildman–Crippen LogP) is 4.78. The van der Waals surface area contributed by atoms with Crippen molar-refractivity contribution in [2.45, 2.75) is 51.1 Å². The van der Waals surface area contributed by atoms with E-state index in [1.54, 1.807) is 6.07 Å². The highest BCUT2D eigenvalue weighted by Gasteiger charge is 2.46. The summed E-state index contributed by atoms with van der Waals surface area (Å²) in [5.41, 5.74) is 2.05. The number of aromatic hydroxyl groups is 1. The van der Waals surface area contributed by atoms with Crippen molar-refractivity contribution in [2.75, 3.05) is 44.2 Å². The van der Waals surface area contributed by atoms with Gasteiger partial charge in [-0.25, -0.2) is 9.37 Å². The number of phenolic OH excluding ortho intramolecular Hbond substituents is 1. The third-order valence-corrected chi connectivity index (χ3v) is 9.79. The van der Waals surface area contributed by atoms with Crippen molar-refractivity contribution >= 4 is 27.5 Å². The number of nitrogens with one attached hydrogen (secondary N) is 1. The van der Waals surface area contributed by atoms with Gasteiger partial charge in [0.2, 0.25) is 0 Å². The fourth-order valence-corrected chi connectivity index (χ4v) is 7.22. The zero-order valence-corrected chi connectivity index (χ0v) is 24.4. The van der Waals surface area contributed by atoms with Gasteiger partial charge in [0.25, 0.3) is 0 Å². The Labute approximate surface area is 250 Å². The zero-order chi connectivity index (χ0) is 29.3. The maximum atomic E-state index is 16.9. The normalized spacial score (nSPS) is 22.5. The summed E-state index contributed by atoms with van der Waals surface area (Å²) in [6.07, 6.45) is 11.6. The van der Waals surface area contributed by atoms with Crippen molar-refractivity contribution in [1.82, 2.24) is 25.2 Å². The molecule has 3 aliphatic heterocycles. The average Bonchev–Trinajstić information content (AvgIpc) is 3.69. The number of rotatable bonds is 7. The van der Waals surface area contributed by atoms with E-state index in [4.69, 9.17) is 26.1 Å². The third-order valence-electron chi connectivity index (χ3n) is 9.79. The Morgan fingerprint density at radius 1 is 1.12 bits per heavy atom. The highest BCUT2D eigenvalue weighted by atomic mass is 19.1. The van der Waals surface area contributed by atoms with Crippen molar-refractivity contribution in [1.29, 1.82) is 0 Å². The predicted molar refractivity (Wildman–Crippen MR) is 165 cm³/mol. The molecule has 2 atom stereocenters. The molecular formula is C34H35FN6O2. The number of aromatic nitrogens is 3. The van der Waals surface area contributed by atoms with Crippen molar-refractivity contribution in [3.05, 3.63) is 47.4 Å². The van der Waals surface area contributed by atoms with Gasteiger partial charge in [-0.1, -0.05) is 18.1 Å². The van der Waals surface area contributed by atoms with Gasteiger partial charge in [0.1, 0.15) is 22.8 Å². The van der Waals surface area contributed by atoms with E-state index >= 15 is 4.39 Å². The number of ether oxygens (including phenoxy) is 1. The van der Waals surface area contributed by atoms with Crippen LogP contribution in [-0.4, -0.2) is 76.4 Å². The molecule has 2 N–H and O–H groups in total. The average molecular weight is 579 g/mol. The van der Waals surface area contributed by atoms with Crippen LogP contribution in [0.1, 0.15) is 43.4 Å². The van der Waals surface area contributed by atoms with Crippen molar-refractivity contribution in [2.24, 2.45) is 5.41 Å². The van der Waals surface area contributed by atoms with Crippen molar-refractivity contribution in [3.63, 3.8) is 0 Å². The molecule has 8 rings (SSSR count). The first-order valence-corrected chi connectivity index (χ1v) is 15.4. The summed E-state index contributed by atoms with van der Waals surface area (Å²) in [7, 11) is 0. The Bertz CT molecular complexity index is 1800. The molecule has 2 aromatic heterocycles. The molecule has 2 bridgehead atoms. The van der Waals surface area contributed by atoms with Crippen LogP contribution in [-0.2, 0) is 0 Å². The first-order chi connectivity index (χ1) is 20.9. The first-order valence-electron chi connectivity index (χ1n) is 15.4. The standard InChI is InChI=1S/C34H35FN6O2/c1-3-21-6-4-7-22-14-25(42)15-26(28(21)22)30-29(35)31-27(20(2)36-30)32(41-16-23-8-9-24(17-41)37-23)39-33(38-31)43-19-34(10-11-34)18-40-12-5-13-40/h1,4,6-7,14-15,23-24,37,42H,5,8-13,16-19H2,2H3. The van der Waals surface area contributed by atoms with E-state index in [-0.39, 0.29) is 28.4 Å². The van der Waals surface area contributed by atoms with Gasteiger partial charge >= 0.3 is 6.01 Å². The molecule has 0 spiro atoms. The Balaban J connectivity index is 1.27. The van der Waals surface area contributed by atoms with Gasteiger partial charge in [-0.05, 0) is 75.7 Å². The topological polar surface area (TPSA) is 86.6 Å². The number of anilines is 1. The fraction of sp³-hybridized carbons (Fsp3) is 0.441. The number of terminal acetylenes is 1. The van der Waals surface area contributed by atoms with Gasteiger partial charge < -0.3 is 25.0 Å². The molecule has 0 radical (unpaired) electrons. The number of hydrogen-bond acceptors (Lipinski definition) is 8. The Hall–Kier alpha value is -4.00. The monoisotopic (exact) mass is 578 g/mol. The van der Waals surface area contributed by atoms with Gasteiger partial charge in [-0.2, -0.15) is 9.97 Å². The van der Waals surface area contributed by atoms with Crippen molar-refractivity contribution in [3.8, 4) is 35.4 Å². The SMILES string of the molecule is C#Cc1cccc2cc(O)cc(-c3nc(C)c4c(N5CC6CCC(C5)N6)nc(OCC5(CN6CCC6)CC5)nc4c3F)c12. The number of hydrogen-bond donors (Lipinski definition) is 2. The molecule has 4 fully saturated rings. The van der Waals surface area contributed by atoms with Crippen LogP contribution in [0.15, 0.2) is 30.3 Å². The quantitative estimate of drug-likeness (QED) is 0.303. The molecule has 1 aliphatic carbocycles. The number of pyridine rings is 1. The minimum atomic E-state index is -0.576. The minimum absolute atomic E-state index is 0.0104. The van der Waals surface area contributed by atoms with E-state index in [0.717, 1.165) is 58.4 Å². The van der Waals surface area contributed by atoms with E-state index in [9.17, 15) is 5.11 Å². The van der Waals surface area contributed by atoms with Crippen LogP contribution in [0, 0.1) is 30.5 Å². The lowest BCUT2D eigenvalue weighted by Gasteiger charge is -2.35. The maximum absolute atomic E-state index is 16.9. The number of halogens is 1. The lowest BCUT2D eigenvalue weighted by Crippen LogP contribution is -2.51. The lowest BCUT2D eigenvalue weighted by atomic mass is 9.96. The number of nitrogens with zero attached hydrogens (tertiary/aromatic N) is 5. The summed E-state index contributed by atoms with van der Waals surface area (Å²) < 4.78 is 23.2. The summed E-state index contributed by atoms with van der Waals surface area (Å²) in [6.45, 7) is 7.28. The van der Waals surface area contributed by atoms with Crippen molar-refractivity contribution < 1.29 is 14.2 Å². The van der Waals surface area contributed by atoms with E-state index in [0.29, 0.717) is 57.5 Å². The zero-order valence-electron chi connectivity index (χ0n) is 24.4. The minimum Gasteiger partial charge on any atom is -0.508 e. The summed E-state index contributed by atoms with van der Waals surface area (Å²) in [5, 5.41) is 16.2. The van der Waals surface area contributed by atoms with Crippen LogP contribution in [0.4, 0.5) is 10.2 Å². The van der Waals surface area contributed by atoms with Gasteiger partial charge in [0, 0.05) is 53.6 Å². The molecule has 0 amide bonds. The van der Waals surface area contributed by atoms with Gasteiger partial charge in [-0.3, -0.25) is 0 Å². The summed E-state index contributed by atoms with van der Waals surface area (Å²) >= 11 is 0. The smallest absolute Gasteiger partial charge is 0.319 e. The third kappa shape index (κ3) is 4.64. The summed E-state index contributed by atoms with van der Waals surface area (Å²) in [5.74, 6) is 2.82. The number of benzene rings is 2. The molecule has 3 saturated heterocycles. The second-order valence-electron chi connectivity index (χ2n) is 12.9. The molecule has 5 heterocycles. The Kier molecular flexibility index (Phi) is 6.21. The number of likely N-dealkylation sites (tertiary alicyclic amines) is 1. The van der Waals surface area contributed by atoms with Gasteiger partial charge in [0.05, 0.1) is 17.7 Å². The van der Waals surface area contributed by atoms with Crippen LogP contribution in [0.25, 0.3) is 32.9 Å². The highest BCUT2D eigenvalue weighted by Crippen LogP contribution is 2.47. The van der Waals surface area contributed by atoms with Crippen LogP contribution >= 0.6 is 0 Å². The van der Waals surface area contributed by atoms with Gasteiger partial charge in [0.15, 0.2) is 5.82 Å². The summed E-state index contributed by atoms with van der Waals surface area (Å²) in [6, 6.07) is 9.59. The maximum Gasteiger partial charge on any atom is 0.319 e. The van der Waals surface area contributed by atoms with Crippen LogP contribution in [0.3, 0.4) is 0 Å². The first kappa shape index (κ1) is 26.6.